The summed E-state index contributed by atoms with van der Waals surface area (Å²) in [7, 11) is -2.97. The minimum atomic E-state index is -4.01. The van der Waals surface area contributed by atoms with Crippen molar-refractivity contribution in [1.29, 1.82) is 0 Å². The molecular formula is C11H14O7S2. The predicted octanol–water partition coefficient (Wildman–Crippen LogP) is 0.569. The normalized spacial score (nSPS) is 33.2. The number of hydrogen-bond donors (Lipinski definition) is 0. The van der Waals surface area contributed by atoms with E-state index in [0.717, 1.165) is 12.2 Å². The Hall–Kier alpha value is -0.710. The van der Waals surface area contributed by atoms with Gasteiger partial charge in [-0.1, -0.05) is 0 Å². The standard InChI is InChI=1S/C11H14O7S2/c1-14-20(12,13)18-8-6-16-10-7(5-15-11(8)10)17-9-3-2-4-19-9/h2-4,7-8,10-11H,5-6H2,1H3. The van der Waals surface area contributed by atoms with Gasteiger partial charge < -0.3 is 14.2 Å². The van der Waals surface area contributed by atoms with Gasteiger partial charge in [0.15, 0.2) is 11.2 Å². The summed E-state index contributed by atoms with van der Waals surface area (Å²) in [6, 6.07) is 3.75. The zero-order chi connectivity index (χ0) is 14.2. The van der Waals surface area contributed by atoms with E-state index in [0.29, 0.717) is 6.61 Å². The third-order valence-corrected chi connectivity index (χ3v) is 4.82. The van der Waals surface area contributed by atoms with Crippen molar-refractivity contribution in [3.63, 3.8) is 0 Å². The van der Waals surface area contributed by atoms with Gasteiger partial charge in [-0.15, -0.1) is 11.3 Å². The smallest absolute Gasteiger partial charge is 0.400 e. The summed E-state index contributed by atoms with van der Waals surface area (Å²) in [6.07, 6.45) is -1.78. The molecule has 9 heteroatoms. The van der Waals surface area contributed by atoms with Gasteiger partial charge >= 0.3 is 10.4 Å². The Labute approximate surface area is 120 Å². The molecule has 0 aliphatic carbocycles. The highest BCUT2D eigenvalue weighted by Crippen LogP contribution is 2.33. The molecule has 7 nitrogen and oxygen atoms in total. The number of ether oxygens (including phenoxy) is 3. The minimum Gasteiger partial charge on any atom is -0.476 e. The Kier molecular flexibility index (Phi) is 3.98. The molecule has 1 aromatic rings. The second kappa shape index (κ2) is 5.58. The molecule has 2 aliphatic rings. The van der Waals surface area contributed by atoms with E-state index in [9.17, 15) is 8.42 Å². The van der Waals surface area contributed by atoms with Crippen LogP contribution in [0.2, 0.25) is 0 Å². The first-order chi connectivity index (χ1) is 9.59. The lowest BCUT2D eigenvalue weighted by Crippen LogP contribution is -2.36. The van der Waals surface area contributed by atoms with Crippen LogP contribution in [0.3, 0.4) is 0 Å². The lowest BCUT2D eigenvalue weighted by Gasteiger charge is -2.16. The van der Waals surface area contributed by atoms with E-state index in [1.54, 1.807) is 0 Å². The Bertz CT molecular complexity index is 541. The Morgan fingerprint density at radius 1 is 1.25 bits per heavy atom. The van der Waals surface area contributed by atoms with Crippen LogP contribution in [0.5, 0.6) is 5.06 Å². The van der Waals surface area contributed by atoms with Crippen LogP contribution in [-0.2, 0) is 28.2 Å². The third kappa shape index (κ3) is 2.83. The van der Waals surface area contributed by atoms with Crippen molar-refractivity contribution in [3.05, 3.63) is 17.5 Å². The zero-order valence-corrected chi connectivity index (χ0v) is 12.3. The molecule has 1 aromatic heterocycles. The molecule has 0 amide bonds. The van der Waals surface area contributed by atoms with Crippen LogP contribution >= 0.6 is 11.3 Å². The summed E-state index contributed by atoms with van der Waals surface area (Å²) in [6.45, 7) is 0.461. The summed E-state index contributed by atoms with van der Waals surface area (Å²) in [5, 5.41) is 2.69. The van der Waals surface area contributed by atoms with E-state index >= 15 is 0 Å². The van der Waals surface area contributed by atoms with Crippen molar-refractivity contribution < 1.29 is 31.0 Å². The SMILES string of the molecule is COS(=O)(=O)OC1COC2C(Oc3cccs3)COC12. The summed E-state index contributed by atoms with van der Waals surface area (Å²) in [5.74, 6) is 0. The average Bonchev–Trinajstić information content (AvgIpc) is 3.11. The molecule has 2 aliphatic heterocycles. The third-order valence-electron chi connectivity index (χ3n) is 3.17. The van der Waals surface area contributed by atoms with Crippen molar-refractivity contribution in [2.45, 2.75) is 24.4 Å². The van der Waals surface area contributed by atoms with Crippen molar-refractivity contribution in [2.75, 3.05) is 20.3 Å². The molecule has 112 valence electrons. The number of hydrogen-bond acceptors (Lipinski definition) is 8. The summed E-state index contributed by atoms with van der Waals surface area (Å²) >= 11 is 1.48. The second-order valence-corrected chi connectivity index (χ2v) is 6.65. The van der Waals surface area contributed by atoms with Gasteiger partial charge in [-0.3, -0.25) is 4.18 Å². The van der Waals surface area contributed by atoms with Gasteiger partial charge in [0.05, 0.1) is 20.3 Å². The van der Waals surface area contributed by atoms with E-state index in [4.69, 9.17) is 18.4 Å². The first-order valence-electron chi connectivity index (χ1n) is 6.01. The van der Waals surface area contributed by atoms with E-state index < -0.39 is 22.6 Å². The maximum absolute atomic E-state index is 11.3. The quantitative estimate of drug-likeness (QED) is 0.784. The fraction of sp³-hybridized carbons (Fsp3) is 0.636. The largest absolute Gasteiger partial charge is 0.476 e. The molecular weight excluding hydrogens is 308 g/mol. The molecule has 3 heterocycles. The Morgan fingerprint density at radius 2 is 1.95 bits per heavy atom. The van der Waals surface area contributed by atoms with E-state index in [1.165, 1.54) is 11.3 Å². The minimum absolute atomic E-state index is 0.127. The van der Waals surface area contributed by atoms with Crippen molar-refractivity contribution in [1.82, 2.24) is 0 Å². The van der Waals surface area contributed by atoms with Crippen LogP contribution in [0.4, 0.5) is 0 Å². The van der Waals surface area contributed by atoms with E-state index in [-0.39, 0.29) is 18.8 Å². The lowest BCUT2D eigenvalue weighted by molar-refractivity contribution is 0.0166. The van der Waals surface area contributed by atoms with Gasteiger partial charge in [0.25, 0.3) is 0 Å². The van der Waals surface area contributed by atoms with Crippen LogP contribution in [-0.4, -0.2) is 53.2 Å². The molecule has 0 N–H and O–H groups in total. The van der Waals surface area contributed by atoms with Crippen LogP contribution in [0.15, 0.2) is 17.5 Å². The van der Waals surface area contributed by atoms with Gasteiger partial charge in [-0.05, 0) is 17.5 Å². The lowest BCUT2D eigenvalue weighted by atomic mass is 10.1. The summed E-state index contributed by atoms with van der Waals surface area (Å²) in [4.78, 5) is 0. The molecule has 4 unspecified atom stereocenters. The van der Waals surface area contributed by atoms with E-state index in [2.05, 4.69) is 4.18 Å². The van der Waals surface area contributed by atoms with Gasteiger partial charge in [0.1, 0.15) is 18.3 Å². The van der Waals surface area contributed by atoms with Gasteiger partial charge in [0, 0.05) is 0 Å². The van der Waals surface area contributed by atoms with Gasteiger partial charge in [-0.25, -0.2) is 4.18 Å². The predicted molar refractivity (Wildman–Crippen MR) is 69.0 cm³/mol. The van der Waals surface area contributed by atoms with Crippen molar-refractivity contribution in [2.24, 2.45) is 0 Å². The molecule has 0 spiro atoms. The molecule has 0 bridgehead atoms. The number of thiophene rings is 1. The van der Waals surface area contributed by atoms with Crippen LogP contribution in [0.25, 0.3) is 0 Å². The topological polar surface area (TPSA) is 80.3 Å². The summed E-state index contributed by atoms with van der Waals surface area (Å²) < 4.78 is 48.6. The molecule has 2 fully saturated rings. The molecule has 3 rings (SSSR count). The van der Waals surface area contributed by atoms with Gasteiger partial charge in [0.2, 0.25) is 0 Å². The van der Waals surface area contributed by atoms with Crippen LogP contribution in [0, 0.1) is 0 Å². The fourth-order valence-electron chi connectivity index (χ4n) is 2.28. The molecule has 4 atom stereocenters. The van der Waals surface area contributed by atoms with Crippen LogP contribution in [0.1, 0.15) is 0 Å². The highest BCUT2D eigenvalue weighted by atomic mass is 32.3. The molecule has 0 radical (unpaired) electrons. The second-order valence-electron chi connectivity index (χ2n) is 4.39. The van der Waals surface area contributed by atoms with Crippen molar-refractivity contribution >= 4 is 21.7 Å². The first-order valence-corrected chi connectivity index (χ1v) is 8.22. The maximum Gasteiger partial charge on any atom is 0.400 e. The maximum atomic E-state index is 11.3. The molecule has 20 heavy (non-hydrogen) atoms. The van der Waals surface area contributed by atoms with Crippen LogP contribution < -0.4 is 4.74 Å². The number of rotatable bonds is 5. The molecule has 0 aromatic carbocycles. The zero-order valence-electron chi connectivity index (χ0n) is 10.6. The Balaban J connectivity index is 1.64. The number of fused-ring (bicyclic) bond motifs is 1. The first kappa shape index (κ1) is 14.2. The van der Waals surface area contributed by atoms with Gasteiger partial charge in [-0.2, -0.15) is 8.42 Å². The summed E-state index contributed by atoms with van der Waals surface area (Å²) in [5.41, 5.74) is 0. The van der Waals surface area contributed by atoms with E-state index in [1.807, 2.05) is 17.5 Å². The fourth-order valence-corrected chi connectivity index (χ4v) is 3.46. The van der Waals surface area contributed by atoms with Crippen molar-refractivity contribution in [3.8, 4) is 5.06 Å². The highest BCUT2D eigenvalue weighted by Gasteiger charge is 2.51. The average molecular weight is 322 g/mol. The molecule has 2 saturated heterocycles. The monoisotopic (exact) mass is 322 g/mol. The highest BCUT2D eigenvalue weighted by molar-refractivity contribution is 7.81. The molecule has 0 saturated carbocycles. The Morgan fingerprint density at radius 3 is 2.60 bits per heavy atom.